The molecule has 5 N–H and O–H groups in total. The molecule has 4 rings (SSSR count). The molecule has 18 heteroatoms. The molecule has 0 spiro atoms. The summed E-state index contributed by atoms with van der Waals surface area (Å²) in [6.07, 6.45) is 0. The van der Waals surface area contributed by atoms with E-state index in [-0.39, 0.29) is 15.7 Å². The lowest BCUT2D eigenvalue weighted by Crippen LogP contribution is -2.12. The van der Waals surface area contributed by atoms with E-state index >= 15 is 0 Å². The number of benzene rings is 2. The number of hydrogen-bond donors (Lipinski definition) is 5. The zero-order valence-corrected chi connectivity index (χ0v) is 21.4. The number of carbonyl (C=O) groups is 1. The van der Waals surface area contributed by atoms with E-state index in [2.05, 4.69) is 41.8 Å². The van der Waals surface area contributed by atoms with Gasteiger partial charge in [-0.25, -0.2) is 4.99 Å². The number of nitrogens with zero attached hydrogens (tertiary/aromatic N) is 1. The van der Waals surface area contributed by atoms with Gasteiger partial charge in [0.15, 0.2) is 5.75 Å². The number of aliphatic imine (C=N–C) groups is 1. The van der Waals surface area contributed by atoms with Crippen LogP contribution in [0.1, 0.15) is 16.1 Å². The number of halogens is 2. The van der Waals surface area contributed by atoms with Gasteiger partial charge in [0.1, 0.15) is 26.1 Å². The van der Waals surface area contributed by atoms with Crippen molar-refractivity contribution < 1.29 is 48.8 Å². The second-order valence-electron chi connectivity index (χ2n) is 6.80. The van der Waals surface area contributed by atoms with E-state index < -0.39 is 83.4 Å². The lowest BCUT2D eigenvalue weighted by Gasteiger charge is -2.07. The number of rotatable bonds is 4. The number of carbonyl (C=O) groups excluding carboxylic acids is 1. The highest BCUT2D eigenvalue weighted by Gasteiger charge is 2.35. The molecule has 1 aromatic heterocycles. The maximum absolute atomic E-state index is 12.9. The van der Waals surface area contributed by atoms with Gasteiger partial charge in [0.2, 0.25) is 5.78 Å². The van der Waals surface area contributed by atoms with Crippen LogP contribution in [-0.4, -0.2) is 60.5 Å². The monoisotopic (exact) mass is 658 g/mol. The molecule has 0 bridgehead atoms. The molecule has 2 aromatic carbocycles. The van der Waals surface area contributed by atoms with Crippen LogP contribution in [0.3, 0.4) is 0 Å². The predicted molar refractivity (Wildman–Crippen MR) is 122 cm³/mol. The van der Waals surface area contributed by atoms with Gasteiger partial charge in [0, 0.05) is 9.86 Å². The number of nitrogens with one attached hydrogen (secondary N) is 1. The Morgan fingerprint density at radius 2 is 1.44 bits per heavy atom. The number of H-pyrrole nitrogens is 1. The Balaban J connectivity index is 2.03. The molecule has 0 saturated heterocycles. The lowest BCUT2D eigenvalue weighted by molar-refractivity contribution is 0.106. The van der Waals surface area contributed by atoms with Gasteiger partial charge >= 0.3 is 0 Å². The first-order chi connectivity index (χ1) is 15.4. The van der Waals surface area contributed by atoms with E-state index in [4.69, 9.17) is 0 Å². The molecule has 0 atom stereocenters. The van der Waals surface area contributed by atoms with Crippen LogP contribution in [0, 0.1) is 0 Å². The van der Waals surface area contributed by atoms with Crippen LogP contribution in [0.25, 0.3) is 10.9 Å². The molecule has 1 aliphatic rings. The van der Waals surface area contributed by atoms with Crippen molar-refractivity contribution >= 4 is 90.3 Å². The minimum atomic E-state index is -5.15. The molecule has 0 radical (unpaired) electrons. The van der Waals surface area contributed by atoms with Gasteiger partial charge in [-0.3, -0.25) is 18.5 Å². The van der Waals surface area contributed by atoms with Gasteiger partial charge in [0.25, 0.3) is 30.4 Å². The molecule has 2 heterocycles. The summed E-state index contributed by atoms with van der Waals surface area (Å²) in [5, 5.41) is 10.2. The summed E-state index contributed by atoms with van der Waals surface area (Å²) in [7, 11) is -14.9. The van der Waals surface area contributed by atoms with Crippen molar-refractivity contribution in [2.45, 2.75) is 14.7 Å². The van der Waals surface area contributed by atoms with Crippen molar-refractivity contribution in [3.63, 3.8) is 0 Å². The van der Waals surface area contributed by atoms with Crippen molar-refractivity contribution in [3.8, 4) is 5.75 Å². The first kappa shape index (κ1) is 24.9. The van der Waals surface area contributed by atoms with Gasteiger partial charge < -0.3 is 10.1 Å². The Bertz CT molecular complexity index is 1820. The maximum Gasteiger partial charge on any atom is 0.297 e. The second-order valence-corrected chi connectivity index (χ2v) is 12.6. The highest BCUT2D eigenvalue weighted by Crippen LogP contribution is 2.43. The normalized spacial score (nSPS) is 14.5. The topological polar surface area (TPSA) is 229 Å². The Morgan fingerprint density at radius 1 is 0.853 bits per heavy atom. The fraction of sp³-hybridized carbons (Fsp3) is 0. The first-order valence-electron chi connectivity index (χ1n) is 8.40. The van der Waals surface area contributed by atoms with Crippen molar-refractivity contribution in [3.05, 3.63) is 38.4 Å². The van der Waals surface area contributed by atoms with Gasteiger partial charge in [0.05, 0.1) is 21.2 Å². The molecule has 3 aromatic rings. The smallest absolute Gasteiger partial charge is 0.297 e. The Labute approximate surface area is 207 Å². The molecular weight excluding hydrogens is 652 g/mol. The third-order valence-corrected chi connectivity index (χ3v) is 9.68. The van der Waals surface area contributed by atoms with E-state index in [1.54, 1.807) is 0 Å². The van der Waals surface area contributed by atoms with Gasteiger partial charge in [-0.1, -0.05) is 0 Å². The van der Waals surface area contributed by atoms with Gasteiger partial charge in [-0.15, -0.1) is 0 Å². The van der Waals surface area contributed by atoms with E-state index in [0.29, 0.717) is 6.07 Å². The third kappa shape index (κ3) is 3.88. The van der Waals surface area contributed by atoms with Crippen molar-refractivity contribution in [1.29, 1.82) is 0 Å². The van der Waals surface area contributed by atoms with Crippen LogP contribution in [-0.2, 0) is 30.4 Å². The minimum Gasteiger partial charge on any atom is -0.505 e. The third-order valence-electron chi connectivity index (χ3n) is 4.72. The van der Waals surface area contributed by atoms with Crippen molar-refractivity contribution in [2.75, 3.05) is 0 Å². The number of aromatic amines is 1. The Morgan fingerprint density at radius 3 is 1.97 bits per heavy atom. The molecule has 0 saturated carbocycles. The fourth-order valence-electron chi connectivity index (χ4n) is 3.32. The molecular formula is C16H8Br2N2O11S3. The highest BCUT2D eigenvalue weighted by atomic mass is 79.9. The quantitative estimate of drug-likeness (QED) is 0.255. The molecule has 1 aliphatic heterocycles. The molecule has 13 nitrogen and oxygen atoms in total. The van der Waals surface area contributed by atoms with Gasteiger partial charge in [-0.05, 0) is 50.1 Å². The minimum absolute atomic E-state index is 0.0628. The van der Waals surface area contributed by atoms with Crippen LogP contribution in [0.2, 0.25) is 0 Å². The largest absolute Gasteiger partial charge is 0.505 e. The molecule has 0 fully saturated rings. The maximum atomic E-state index is 12.9. The molecule has 0 unspecified atom stereocenters. The van der Waals surface area contributed by atoms with Crippen LogP contribution < -0.4 is 0 Å². The van der Waals surface area contributed by atoms with Crippen molar-refractivity contribution in [2.24, 2.45) is 4.99 Å². The van der Waals surface area contributed by atoms with E-state index in [1.807, 2.05) is 0 Å². The van der Waals surface area contributed by atoms with E-state index in [1.165, 1.54) is 0 Å². The SMILES string of the molecule is O=C1C(c2[nH]c3c(S(=O)(=O)O)c(Br)c(S(=O)(=O)O)cc3c2O)=Nc2cc(Br)c(S(=O)(=O)O)cc21. The molecule has 0 aliphatic carbocycles. The first-order valence-corrected chi connectivity index (χ1v) is 14.3. The molecule has 34 heavy (non-hydrogen) atoms. The summed E-state index contributed by atoms with van der Waals surface area (Å²) in [6, 6.07) is 2.64. The van der Waals surface area contributed by atoms with Crippen molar-refractivity contribution in [1.82, 2.24) is 4.98 Å². The van der Waals surface area contributed by atoms with Crippen LogP contribution in [0.4, 0.5) is 5.69 Å². The lowest BCUT2D eigenvalue weighted by atomic mass is 10.1. The highest BCUT2D eigenvalue weighted by molar-refractivity contribution is 9.10. The summed E-state index contributed by atoms with van der Waals surface area (Å²) in [5.74, 6) is -1.79. The van der Waals surface area contributed by atoms with Gasteiger partial charge in [-0.2, -0.15) is 25.3 Å². The zero-order valence-electron chi connectivity index (χ0n) is 15.8. The number of aromatic nitrogens is 1. The number of fused-ring (bicyclic) bond motifs is 2. The Hall–Kier alpha value is -2.19. The number of hydrogen-bond acceptors (Lipinski definition) is 9. The van der Waals surface area contributed by atoms with E-state index in [9.17, 15) is 48.8 Å². The zero-order chi connectivity index (χ0) is 25.5. The summed E-state index contributed by atoms with van der Waals surface area (Å²) in [5.41, 5.74) is -1.88. The van der Waals surface area contributed by atoms with Crippen LogP contribution in [0.15, 0.2) is 46.8 Å². The average Bonchev–Trinajstić information content (AvgIpc) is 3.14. The molecule has 180 valence electrons. The standard InChI is InChI=1S/C16H8Br2N2O11S3/c17-6-3-7-4(1-8(6)32(23,24)25)14(21)12(19-7)13-15(22)5-2-9(33(26,27)28)10(18)16(11(5)20-13)34(29,30)31/h1-3,20,22H,(H,23,24,25)(H,26,27,28)(H,29,30,31). The average molecular weight is 660 g/mol. The van der Waals surface area contributed by atoms with Crippen LogP contribution >= 0.6 is 31.9 Å². The van der Waals surface area contributed by atoms with Crippen LogP contribution in [0.5, 0.6) is 5.75 Å². The summed E-state index contributed by atoms with van der Waals surface area (Å²) in [6.45, 7) is 0. The van der Waals surface area contributed by atoms with E-state index in [0.717, 1.165) is 12.1 Å². The number of aromatic hydroxyl groups is 1. The summed E-state index contributed by atoms with van der Waals surface area (Å²) in [4.78, 5) is 16.6. The summed E-state index contributed by atoms with van der Waals surface area (Å²) < 4.78 is 97.9. The summed E-state index contributed by atoms with van der Waals surface area (Å²) >= 11 is 5.63. The number of Topliss-reactive ketones (excluding diaryl/α,β-unsaturated/α-hetero) is 1. The number of ketones is 1. The second kappa shape index (κ2) is 7.65. The Kier molecular flexibility index (Phi) is 5.61. The predicted octanol–water partition coefficient (Wildman–Crippen LogP) is 2.46. The fourth-order valence-corrected chi connectivity index (χ4v) is 7.80. The molecule has 0 amide bonds.